The number of hydrogen-bond acceptors (Lipinski definition) is 4. The van der Waals surface area contributed by atoms with Crippen molar-refractivity contribution in [1.82, 2.24) is 9.62 Å². The zero-order valence-electron chi connectivity index (χ0n) is 19.7. The van der Waals surface area contributed by atoms with Crippen molar-refractivity contribution in [3.63, 3.8) is 0 Å². The normalized spacial score (nSPS) is 19.6. The number of nitrogens with one attached hydrogen (secondary N) is 1. The quantitative estimate of drug-likeness (QED) is 0.534. The van der Waals surface area contributed by atoms with Gasteiger partial charge in [0.2, 0.25) is 10.0 Å². The lowest BCUT2D eigenvalue weighted by Crippen LogP contribution is -2.42. The number of benzene rings is 2. The van der Waals surface area contributed by atoms with Crippen LogP contribution in [0.1, 0.15) is 50.9 Å². The van der Waals surface area contributed by atoms with Crippen molar-refractivity contribution in [2.75, 3.05) is 19.6 Å². The standard InChI is InChI=1S/C25H33FN2O3S2/c1-17(2)11-12-27-25(29)23-14-22(33(30,31)28-15-18(3)13-19(4)16-28)9-10-24(23)32-21-7-5-20(26)6-8-21/h5-10,14,17-19H,11-13,15-16H2,1-4H3,(H,27,29)/t18-,19+. The van der Waals surface area contributed by atoms with Crippen LogP contribution in [0.5, 0.6) is 0 Å². The van der Waals surface area contributed by atoms with Crippen molar-refractivity contribution in [2.24, 2.45) is 17.8 Å². The van der Waals surface area contributed by atoms with E-state index >= 15 is 0 Å². The Bertz CT molecular complexity index is 1060. The zero-order chi connectivity index (χ0) is 24.2. The van der Waals surface area contributed by atoms with Gasteiger partial charge in [0.05, 0.1) is 10.5 Å². The van der Waals surface area contributed by atoms with Gasteiger partial charge in [-0.1, -0.05) is 39.5 Å². The first kappa shape index (κ1) is 25.7. The number of nitrogens with zero attached hydrogens (tertiary/aromatic N) is 1. The van der Waals surface area contributed by atoms with Crippen LogP contribution in [0.2, 0.25) is 0 Å². The first-order chi connectivity index (χ1) is 15.6. The number of hydrogen-bond donors (Lipinski definition) is 1. The van der Waals surface area contributed by atoms with Crippen molar-refractivity contribution in [1.29, 1.82) is 0 Å². The lowest BCUT2D eigenvalue weighted by molar-refractivity contribution is 0.0949. The Morgan fingerprint density at radius 2 is 1.76 bits per heavy atom. The second-order valence-corrected chi connectivity index (χ2v) is 12.5. The van der Waals surface area contributed by atoms with Crippen molar-refractivity contribution < 1.29 is 17.6 Å². The SMILES string of the molecule is CC(C)CCNC(=O)c1cc(S(=O)(=O)N2C[C@H](C)C[C@H](C)C2)ccc1Sc1ccc(F)cc1. The summed E-state index contributed by atoms with van der Waals surface area (Å²) in [6.07, 6.45) is 1.83. The number of carbonyl (C=O) groups is 1. The maximum Gasteiger partial charge on any atom is 0.252 e. The Balaban J connectivity index is 1.94. The average molecular weight is 493 g/mol. The van der Waals surface area contributed by atoms with E-state index in [-0.39, 0.29) is 28.5 Å². The van der Waals surface area contributed by atoms with Crippen LogP contribution in [0, 0.1) is 23.6 Å². The molecule has 1 aliphatic rings. The van der Waals surface area contributed by atoms with Gasteiger partial charge in [-0.2, -0.15) is 4.31 Å². The van der Waals surface area contributed by atoms with E-state index in [9.17, 15) is 17.6 Å². The highest BCUT2D eigenvalue weighted by molar-refractivity contribution is 7.99. The second-order valence-electron chi connectivity index (χ2n) is 9.42. The summed E-state index contributed by atoms with van der Waals surface area (Å²) in [5, 5.41) is 2.92. The average Bonchev–Trinajstić information content (AvgIpc) is 2.74. The highest BCUT2D eigenvalue weighted by atomic mass is 32.2. The van der Waals surface area contributed by atoms with E-state index in [0.29, 0.717) is 36.0 Å². The molecule has 0 unspecified atom stereocenters. The number of halogens is 1. The molecule has 5 nitrogen and oxygen atoms in total. The number of amides is 1. The molecule has 8 heteroatoms. The summed E-state index contributed by atoms with van der Waals surface area (Å²) in [7, 11) is -3.72. The molecule has 0 spiro atoms. The van der Waals surface area contributed by atoms with E-state index in [4.69, 9.17) is 0 Å². The van der Waals surface area contributed by atoms with Crippen molar-refractivity contribution >= 4 is 27.7 Å². The lowest BCUT2D eigenvalue weighted by Gasteiger charge is -2.34. The van der Waals surface area contributed by atoms with Gasteiger partial charge in [-0.05, 0) is 73.1 Å². The smallest absolute Gasteiger partial charge is 0.252 e. The molecular weight excluding hydrogens is 459 g/mol. The van der Waals surface area contributed by atoms with Crippen LogP contribution in [0.15, 0.2) is 57.2 Å². The maximum atomic E-state index is 13.4. The Labute approximate surface area is 201 Å². The molecular formula is C25H33FN2O3S2. The summed E-state index contributed by atoms with van der Waals surface area (Å²) in [6.45, 7) is 9.76. The highest BCUT2D eigenvalue weighted by Crippen LogP contribution is 2.34. The number of piperidine rings is 1. The van der Waals surface area contributed by atoms with Crippen molar-refractivity contribution in [3.8, 4) is 0 Å². The van der Waals surface area contributed by atoms with E-state index in [2.05, 4.69) is 33.0 Å². The van der Waals surface area contributed by atoms with E-state index < -0.39 is 10.0 Å². The molecule has 1 aliphatic heterocycles. The molecule has 1 fully saturated rings. The fraction of sp³-hybridized carbons (Fsp3) is 0.480. The molecule has 33 heavy (non-hydrogen) atoms. The minimum absolute atomic E-state index is 0.126. The molecule has 0 saturated carbocycles. The second kappa shape index (κ2) is 11.0. The summed E-state index contributed by atoms with van der Waals surface area (Å²) in [5.41, 5.74) is 0.312. The minimum atomic E-state index is -3.72. The van der Waals surface area contributed by atoms with Crippen LogP contribution in [0.25, 0.3) is 0 Å². The van der Waals surface area contributed by atoms with Crippen LogP contribution in [-0.2, 0) is 10.0 Å². The largest absolute Gasteiger partial charge is 0.352 e. The molecule has 1 N–H and O–H groups in total. The third kappa shape index (κ3) is 6.80. The molecule has 0 aromatic heterocycles. The first-order valence-electron chi connectivity index (χ1n) is 11.4. The van der Waals surface area contributed by atoms with Gasteiger partial charge in [0.15, 0.2) is 0 Å². The summed E-state index contributed by atoms with van der Waals surface area (Å²) < 4.78 is 41.7. The Morgan fingerprint density at radius 3 is 2.36 bits per heavy atom. The van der Waals surface area contributed by atoms with Gasteiger partial charge in [-0.3, -0.25) is 4.79 Å². The van der Waals surface area contributed by atoms with Gasteiger partial charge in [-0.25, -0.2) is 12.8 Å². The third-order valence-electron chi connectivity index (χ3n) is 5.72. The molecule has 0 radical (unpaired) electrons. The van der Waals surface area contributed by atoms with Crippen molar-refractivity contribution in [3.05, 3.63) is 53.8 Å². The van der Waals surface area contributed by atoms with Gasteiger partial charge < -0.3 is 5.32 Å². The lowest BCUT2D eigenvalue weighted by atomic mass is 9.94. The molecule has 1 amide bonds. The van der Waals surface area contributed by atoms with E-state index in [1.807, 2.05) is 0 Å². The Hall–Kier alpha value is -1.90. The van der Waals surface area contributed by atoms with Gasteiger partial charge in [0.25, 0.3) is 5.91 Å². The van der Waals surface area contributed by atoms with Crippen LogP contribution in [0.3, 0.4) is 0 Å². The summed E-state index contributed by atoms with van der Waals surface area (Å²) >= 11 is 1.31. The molecule has 180 valence electrons. The van der Waals surface area contributed by atoms with Crippen molar-refractivity contribution in [2.45, 2.75) is 55.2 Å². The molecule has 3 rings (SSSR count). The van der Waals surface area contributed by atoms with E-state index in [1.165, 1.54) is 34.3 Å². The first-order valence-corrected chi connectivity index (χ1v) is 13.7. The number of sulfonamides is 1. The van der Waals surface area contributed by atoms with Gasteiger partial charge in [0, 0.05) is 29.4 Å². The molecule has 1 saturated heterocycles. The number of rotatable bonds is 8. The third-order valence-corrected chi connectivity index (χ3v) is 8.63. The zero-order valence-corrected chi connectivity index (χ0v) is 21.3. The number of carbonyl (C=O) groups excluding carboxylic acids is 1. The van der Waals surface area contributed by atoms with Gasteiger partial charge in [0.1, 0.15) is 5.82 Å². The molecule has 1 heterocycles. The Kier molecular flexibility index (Phi) is 8.59. The molecule has 2 aromatic carbocycles. The summed E-state index contributed by atoms with van der Waals surface area (Å²) in [4.78, 5) is 14.6. The molecule has 2 aromatic rings. The topological polar surface area (TPSA) is 66.5 Å². The summed E-state index contributed by atoms with van der Waals surface area (Å²) in [6, 6.07) is 10.7. The fourth-order valence-electron chi connectivity index (χ4n) is 4.09. The Morgan fingerprint density at radius 1 is 1.12 bits per heavy atom. The van der Waals surface area contributed by atoms with Crippen LogP contribution in [-0.4, -0.2) is 38.3 Å². The predicted molar refractivity (Wildman–Crippen MR) is 130 cm³/mol. The van der Waals surface area contributed by atoms with E-state index in [1.54, 1.807) is 24.3 Å². The molecule has 0 bridgehead atoms. The van der Waals surface area contributed by atoms with Gasteiger partial charge in [-0.15, -0.1) is 0 Å². The minimum Gasteiger partial charge on any atom is -0.352 e. The van der Waals surface area contributed by atoms with Crippen LogP contribution >= 0.6 is 11.8 Å². The van der Waals surface area contributed by atoms with Crippen LogP contribution < -0.4 is 5.32 Å². The molecule has 2 atom stereocenters. The van der Waals surface area contributed by atoms with Crippen LogP contribution in [0.4, 0.5) is 4.39 Å². The maximum absolute atomic E-state index is 13.4. The monoisotopic (exact) mass is 492 g/mol. The fourth-order valence-corrected chi connectivity index (χ4v) is 6.72. The summed E-state index contributed by atoms with van der Waals surface area (Å²) in [5.74, 6) is 0.370. The van der Waals surface area contributed by atoms with E-state index in [0.717, 1.165) is 17.7 Å². The molecule has 0 aliphatic carbocycles. The predicted octanol–water partition coefficient (Wildman–Crippen LogP) is 5.42. The van der Waals surface area contributed by atoms with Gasteiger partial charge >= 0.3 is 0 Å². The highest BCUT2D eigenvalue weighted by Gasteiger charge is 2.32.